The van der Waals surface area contributed by atoms with Crippen LogP contribution in [0.1, 0.15) is 39.5 Å². The van der Waals surface area contributed by atoms with E-state index >= 15 is 0 Å². The lowest BCUT2D eigenvalue weighted by Gasteiger charge is -2.26. The second-order valence-electron chi connectivity index (χ2n) is 4.18. The van der Waals surface area contributed by atoms with Crippen LogP contribution < -0.4 is 0 Å². The molecular weight excluding hydrogens is 168 g/mol. The summed E-state index contributed by atoms with van der Waals surface area (Å²) in [6.45, 7) is 4.28. The first-order chi connectivity index (χ1) is 6.08. The topological polar surface area (TPSA) is 46.5 Å². The number of hydrogen-bond donors (Lipinski definition) is 1. The highest BCUT2D eigenvalue weighted by atomic mass is 16.5. The highest BCUT2D eigenvalue weighted by Gasteiger charge is 2.26. The average Bonchev–Trinajstić information content (AvgIpc) is 1.99. The van der Waals surface area contributed by atoms with Crippen molar-refractivity contribution in [2.45, 2.75) is 51.7 Å². The summed E-state index contributed by atoms with van der Waals surface area (Å²) >= 11 is 0. The Morgan fingerprint density at radius 2 is 2.31 bits per heavy atom. The molecule has 0 amide bonds. The maximum atomic E-state index is 10.9. The summed E-state index contributed by atoms with van der Waals surface area (Å²) in [5.74, 6) is 0.366. The van der Waals surface area contributed by atoms with Gasteiger partial charge in [0.05, 0.1) is 12.5 Å². The predicted octanol–water partition coefficient (Wildman–Crippen LogP) is 1.49. The maximum Gasteiger partial charge on any atom is 0.308 e. The molecule has 0 spiro atoms. The molecule has 0 aliphatic carbocycles. The molecule has 1 rings (SSSR count). The normalized spacial score (nSPS) is 29.1. The van der Waals surface area contributed by atoms with Gasteiger partial charge in [-0.15, -0.1) is 0 Å². The Bertz CT molecular complexity index is 177. The van der Waals surface area contributed by atoms with Crippen molar-refractivity contribution in [2.75, 3.05) is 0 Å². The first kappa shape index (κ1) is 10.5. The summed E-state index contributed by atoms with van der Waals surface area (Å²) in [5.41, 5.74) is 0. The number of aliphatic hydroxyl groups excluding tert-OH is 1. The van der Waals surface area contributed by atoms with Crippen molar-refractivity contribution < 1.29 is 14.6 Å². The lowest BCUT2D eigenvalue weighted by Crippen LogP contribution is -2.32. The smallest absolute Gasteiger partial charge is 0.308 e. The van der Waals surface area contributed by atoms with E-state index in [0.29, 0.717) is 12.3 Å². The largest absolute Gasteiger partial charge is 0.462 e. The first-order valence-corrected chi connectivity index (χ1v) is 4.95. The molecule has 13 heavy (non-hydrogen) atoms. The van der Waals surface area contributed by atoms with Crippen molar-refractivity contribution in [2.24, 2.45) is 5.92 Å². The fourth-order valence-corrected chi connectivity index (χ4v) is 1.56. The van der Waals surface area contributed by atoms with Gasteiger partial charge < -0.3 is 9.84 Å². The molecule has 0 unspecified atom stereocenters. The molecule has 0 aromatic rings. The molecule has 0 radical (unpaired) electrons. The minimum atomic E-state index is -0.488. The number of carbonyl (C=O) groups is 1. The van der Waals surface area contributed by atoms with Crippen LogP contribution in [-0.2, 0) is 9.53 Å². The van der Waals surface area contributed by atoms with Crippen molar-refractivity contribution in [3.05, 3.63) is 0 Å². The van der Waals surface area contributed by atoms with E-state index in [0.717, 1.165) is 12.8 Å². The van der Waals surface area contributed by atoms with Crippen molar-refractivity contribution in [3.63, 3.8) is 0 Å². The van der Waals surface area contributed by atoms with Gasteiger partial charge in [-0.05, 0) is 18.8 Å². The van der Waals surface area contributed by atoms with E-state index in [-0.39, 0.29) is 18.5 Å². The van der Waals surface area contributed by atoms with E-state index in [1.165, 1.54) is 0 Å². The van der Waals surface area contributed by atoms with E-state index in [9.17, 15) is 9.90 Å². The van der Waals surface area contributed by atoms with Crippen LogP contribution >= 0.6 is 0 Å². The van der Waals surface area contributed by atoms with Gasteiger partial charge in [0.15, 0.2) is 0 Å². The third-order valence-corrected chi connectivity index (χ3v) is 2.30. The molecule has 1 aliphatic heterocycles. The molecule has 0 aromatic carbocycles. The molecule has 3 nitrogen and oxygen atoms in total. The minimum Gasteiger partial charge on any atom is -0.462 e. The summed E-state index contributed by atoms with van der Waals surface area (Å²) in [6, 6.07) is 0. The second-order valence-corrected chi connectivity index (χ2v) is 4.18. The van der Waals surface area contributed by atoms with Crippen molar-refractivity contribution in [1.82, 2.24) is 0 Å². The van der Waals surface area contributed by atoms with Gasteiger partial charge in [0.1, 0.15) is 6.10 Å². The Morgan fingerprint density at radius 1 is 1.62 bits per heavy atom. The number of rotatable bonds is 3. The van der Waals surface area contributed by atoms with Crippen LogP contribution in [0.3, 0.4) is 0 Å². The Kier molecular flexibility index (Phi) is 3.72. The Balaban J connectivity index is 2.29. The number of hydrogen-bond acceptors (Lipinski definition) is 3. The Hall–Kier alpha value is -0.570. The molecule has 1 fully saturated rings. The number of aliphatic hydroxyl groups is 1. The second kappa shape index (κ2) is 4.61. The first-order valence-electron chi connectivity index (χ1n) is 4.95. The SMILES string of the molecule is CC(C)CC[C@@H]1C[C@@H](O)CC(=O)O1. The Morgan fingerprint density at radius 3 is 2.85 bits per heavy atom. The molecule has 1 N–H and O–H groups in total. The summed E-state index contributed by atoms with van der Waals surface area (Å²) in [5, 5.41) is 9.31. The van der Waals surface area contributed by atoms with Gasteiger partial charge in [0.2, 0.25) is 0 Å². The van der Waals surface area contributed by atoms with Gasteiger partial charge in [0.25, 0.3) is 0 Å². The van der Waals surface area contributed by atoms with E-state index in [1.54, 1.807) is 0 Å². The number of cyclic esters (lactones) is 1. The van der Waals surface area contributed by atoms with Crippen LogP contribution in [0.5, 0.6) is 0 Å². The summed E-state index contributed by atoms with van der Waals surface area (Å²) < 4.78 is 5.11. The zero-order valence-corrected chi connectivity index (χ0v) is 8.32. The Labute approximate surface area is 79.1 Å². The zero-order chi connectivity index (χ0) is 9.84. The summed E-state index contributed by atoms with van der Waals surface area (Å²) in [4.78, 5) is 10.9. The average molecular weight is 186 g/mol. The number of carbonyl (C=O) groups excluding carboxylic acids is 1. The van der Waals surface area contributed by atoms with Gasteiger partial charge in [-0.2, -0.15) is 0 Å². The minimum absolute atomic E-state index is 0.0568. The van der Waals surface area contributed by atoms with E-state index in [4.69, 9.17) is 4.74 Å². The van der Waals surface area contributed by atoms with Crippen LogP contribution in [-0.4, -0.2) is 23.3 Å². The zero-order valence-electron chi connectivity index (χ0n) is 8.32. The fraction of sp³-hybridized carbons (Fsp3) is 0.900. The van der Waals surface area contributed by atoms with Gasteiger partial charge >= 0.3 is 5.97 Å². The molecule has 1 heterocycles. The number of ether oxygens (including phenoxy) is 1. The van der Waals surface area contributed by atoms with Crippen molar-refractivity contribution >= 4 is 5.97 Å². The van der Waals surface area contributed by atoms with Crippen LogP contribution in [0.2, 0.25) is 0 Å². The highest BCUT2D eigenvalue weighted by Crippen LogP contribution is 2.20. The highest BCUT2D eigenvalue weighted by molar-refractivity contribution is 5.70. The van der Waals surface area contributed by atoms with Gasteiger partial charge in [-0.25, -0.2) is 0 Å². The third kappa shape index (κ3) is 3.77. The summed E-state index contributed by atoms with van der Waals surface area (Å²) in [6.07, 6.45) is 2.15. The van der Waals surface area contributed by atoms with Crippen LogP contribution in [0, 0.1) is 5.92 Å². The van der Waals surface area contributed by atoms with Crippen molar-refractivity contribution in [1.29, 1.82) is 0 Å². The van der Waals surface area contributed by atoms with Crippen LogP contribution in [0.15, 0.2) is 0 Å². The van der Waals surface area contributed by atoms with Crippen LogP contribution in [0.4, 0.5) is 0 Å². The molecule has 0 bridgehead atoms. The van der Waals surface area contributed by atoms with Crippen molar-refractivity contribution in [3.8, 4) is 0 Å². The van der Waals surface area contributed by atoms with Gasteiger partial charge in [-0.1, -0.05) is 13.8 Å². The maximum absolute atomic E-state index is 10.9. The standard InChI is InChI=1S/C10H18O3/c1-7(2)3-4-9-5-8(11)6-10(12)13-9/h7-9,11H,3-6H2,1-2H3/t8-,9-/m1/s1. The lowest BCUT2D eigenvalue weighted by atomic mass is 9.98. The lowest BCUT2D eigenvalue weighted by molar-refractivity contribution is -0.160. The molecule has 3 heteroatoms. The quantitative estimate of drug-likeness (QED) is 0.679. The van der Waals surface area contributed by atoms with Gasteiger partial charge in [0, 0.05) is 6.42 Å². The molecule has 2 atom stereocenters. The molecule has 76 valence electrons. The van der Waals surface area contributed by atoms with E-state index in [2.05, 4.69) is 13.8 Å². The van der Waals surface area contributed by atoms with Gasteiger partial charge in [-0.3, -0.25) is 4.79 Å². The molecule has 0 saturated carbocycles. The molecule has 1 aliphatic rings. The number of esters is 1. The van der Waals surface area contributed by atoms with E-state index in [1.807, 2.05) is 0 Å². The van der Waals surface area contributed by atoms with E-state index < -0.39 is 6.10 Å². The third-order valence-electron chi connectivity index (χ3n) is 2.30. The molecule has 0 aromatic heterocycles. The monoisotopic (exact) mass is 186 g/mol. The van der Waals surface area contributed by atoms with Crippen LogP contribution in [0.25, 0.3) is 0 Å². The fourth-order valence-electron chi connectivity index (χ4n) is 1.56. The molecule has 1 saturated heterocycles. The molecular formula is C10H18O3. The predicted molar refractivity (Wildman–Crippen MR) is 49.2 cm³/mol. The summed E-state index contributed by atoms with van der Waals surface area (Å²) in [7, 11) is 0.